The van der Waals surface area contributed by atoms with Crippen molar-refractivity contribution < 1.29 is 27.1 Å². The van der Waals surface area contributed by atoms with Crippen LogP contribution in [0.15, 0.2) is 57.8 Å². The molecule has 2 heterocycles. The van der Waals surface area contributed by atoms with Crippen molar-refractivity contribution in [2.75, 3.05) is 40.4 Å². The summed E-state index contributed by atoms with van der Waals surface area (Å²) in [4.78, 5) is 19.2. The van der Waals surface area contributed by atoms with Crippen LogP contribution in [0.1, 0.15) is 11.5 Å². The highest BCUT2D eigenvalue weighted by molar-refractivity contribution is 7.89. The first-order chi connectivity index (χ1) is 16.3. The third-order valence-corrected chi connectivity index (χ3v) is 7.71. The van der Waals surface area contributed by atoms with Gasteiger partial charge in [0.15, 0.2) is 11.5 Å². The van der Waals surface area contributed by atoms with Gasteiger partial charge < -0.3 is 18.8 Å². The number of methoxy groups -OCH3 is 2. The predicted octanol–water partition coefficient (Wildman–Crippen LogP) is 2.74. The quantitative estimate of drug-likeness (QED) is 0.507. The van der Waals surface area contributed by atoms with E-state index < -0.39 is 10.0 Å². The van der Waals surface area contributed by atoms with Crippen molar-refractivity contribution in [1.29, 1.82) is 0 Å². The maximum Gasteiger partial charge on any atom is 0.243 e. The van der Waals surface area contributed by atoms with Gasteiger partial charge in [-0.1, -0.05) is 18.2 Å². The highest BCUT2D eigenvalue weighted by Crippen LogP contribution is 2.31. The number of amides is 1. The molecule has 9 nitrogen and oxygen atoms in total. The van der Waals surface area contributed by atoms with Crippen LogP contribution in [-0.2, 0) is 21.2 Å². The molecule has 1 fully saturated rings. The molecule has 3 aromatic rings. The van der Waals surface area contributed by atoms with Gasteiger partial charge in [0.2, 0.25) is 21.8 Å². The monoisotopic (exact) mass is 485 g/mol. The summed E-state index contributed by atoms with van der Waals surface area (Å²) in [5.74, 6) is 1.76. The Hall–Kier alpha value is -3.37. The number of oxazole rings is 1. The van der Waals surface area contributed by atoms with Crippen LogP contribution in [0, 0.1) is 6.92 Å². The largest absolute Gasteiger partial charge is 0.493 e. The van der Waals surface area contributed by atoms with E-state index in [0.717, 1.165) is 5.56 Å². The first kappa shape index (κ1) is 23.8. The molecule has 34 heavy (non-hydrogen) atoms. The molecule has 0 bridgehead atoms. The zero-order chi connectivity index (χ0) is 24.3. The number of aromatic nitrogens is 1. The van der Waals surface area contributed by atoms with Gasteiger partial charge in [-0.05, 0) is 31.2 Å². The Bertz CT molecular complexity index is 1270. The van der Waals surface area contributed by atoms with Crippen LogP contribution in [0.3, 0.4) is 0 Å². The minimum atomic E-state index is -3.73. The smallest absolute Gasteiger partial charge is 0.243 e. The lowest BCUT2D eigenvalue weighted by molar-refractivity contribution is -0.131. The molecule has 10 heteroatoms. The van der Waals surface area contributed by atoms with Gasteiger partial charge in [0.25, 0.3) is 0 Å². The van der Waals surface area contributed by atoms with Crippen LogP contribution in [0.2, 0.25) is 0 Å². The summed E-state index contributed by atoms with van der Waals surface area (Å²) >= 11 is 0. The molecule has 1 aliphatic heterocycles. The third kappa shape index (κ3) is 4.78. The Morgan fingerprint density at radius 3 is 2.32 bits per heavy atom. The number of sulfonamides is 1. The van der Waals surface area contributed by atoms with Crippen molar-refractivity contribution >= 4 is 15.9 Å². The molecular formula is C24H27N3O6S. The molecule has 0 saturated carbocycles. The Kier molecular flexibility index (Phi) is 6.90. The molecule has 1 aliphatic rings. The Labute approximate surface area is 199 Å². The Balaban J connectivity index is 1.40. The van der Waals surface area contributed by atoms with Gasteiger partial charge in [-0.15, -0.1) is 0 Å². The molecule has 1 aromatic heterocycles. The second-order valence-electron chi connectivity index (χ2n) is 7.87. The van der Waals surface area contributed by atoms with E-state index >= 15 is 0 Å². The lowest BCUT2D eigenvalue weighted by Gasteiger charge is -2.34. The summed E-state index contributed by atoms with van der Waals surface area (Å²) < 4.78 is 43.8. The van der Waals surface area contributed by atoms with E-state index in [1.807, 2.05) is 30.3 Å². The second-order valence-corrected chi connectivity index (χ2v) is 9.80. The van der Waals surface area contributed by atoms with Crippen molar-refractivity contribution in [2.24, 2.45) is 0 Å². The number of carbonyl (C=O) groups excluding carboxylic acids is 1. The van der Waals surface area contributed by atoms with Gasteiger partial charge in [-0.25, -0.2) is 13.4 Å². The van der Waals surface area contributed by atoms with Crippen LogP contribution in [-0.4, -0.2) is 68.9 Å². The van der Waals surface area contributed by atoms with Gasteiger partial charge in [0, 0.05) is 37.8 Å². The first-order valence-corrected chi connectivity index (χ1v) is 12.3. The number of nitrogens with zero attached hydrogens (tertiary/aromatic N) is 3. The van der Waals surface area contributed by atoms with Crippen LogP contribution in [0.4, 0.5) is 0 Å². The summed E-state index contributed by atoms with van der Waals surface area (Å²) in [7, 11) is -0.781. The first-order valence-electron chi connectivity index (χ1n) is 10.8. The number of carbonyl (C=O) groups is 1. The highest BCUT2D eigenvalue weighted by atomic mass is 32.2. The lowest BCUT2D eigenvalue weighted by Crippen LogP contribution is -2.50. The number of hydrogen-bond donors (Lipinski definition) is 0. The Morgan fingerprint density at radius 1 is 1.00 bits per heavy atom. The van der Waals surface area contributed by atoms with E-state index in [0.29, 0.717) is 41.9 Å². The highest BCUT2D eigenvalue weighted by Gasteiger charge is 2.31. The molecular weight excluding hydrogens is 458 g/mol. The SMILES string of the molecule is COc1ccc(S(=O)(=O)N2CCN(C(=O)Cc3nc(-c4ccccc4)oc3C)CC2)cc1OC. The normalized spacial score (nSPS) is 14.7. The summed E-state index contributed by atoms with van der Waals surface area (Å²) in [6.07, 6.45) is 0.102. The molecule has 0 unspecified atom stereocenters. The third-order valence-electron chi connectivity index (χ3n) is 5.82. The van der Waals surface area contributed by atoms with Crippen LogP contribution in [0.5, 0.6) is 11.5 Å². The van der Waals surface area contributed by atoms with Crippen molar-refractivity contribution in [3.63, 3.8) is 0 Å². The molecule has 0 radical (unpaired) electrons. The zero-order valence-corrected chi connectivity index (χ0v) is 20.2. The molecule has 1 saturated heterocycles. The van der Waals surface area contributed by atoms with Crippen molar-refractivity contribution in [3.05, 3.63) is 60.0 Å². The zero-order valence-electron chi connectivity index (χ0n) is 19.4. The molecule has 180 valence electrons. The van der Waals surface area contributed by atoms with E-state index in [1.54, 1.807) is 17.9 Å². The number of rotatable bonds is 7. The van der Waals surface area contributed by atoms with Gasteiger partial charge in [-0.2, -0.15) is 4.31 Å². The maximum absolute atomic E-state index is 13.1. The van der Waals surface area contributed by atoms with Crippen molar-refractivity contribution in [3.8, 4) is 23.0 Å². The maximum atomic E-state index is 13.1. The topological polar surface area (TPSA) is 102 Å². The van der Waals surface area contributed by atoms with Crippen LogP contribution >= 0.6 is 0 Å². The molecule has 4 rings (SSSR count). The summed E-state index contributed by atoms with van der Waals surface area (Å²) in [5, 5.41) is 0. The number of piperazine rings is 1. The van der Waals surface area contributed by atoms with E-state index in [1.165, 1.54) is 30.7 Å². The number of aryl methyl sites for hydroxylation is 1. The Morgan fingerprint density at radius 2 is 1.68 bits per heavy atom. The number of ether oxygens (including phenoxy) is 2. The lowest BCUT2D eigenvalue weighted by atomic mass is 10.2. The minimum Gasteiger partial charge on any atom is -0.493 e. The molecule has 0 N–H and O–H groups in total. The minimum absolute atomic E-state index is 0.102. The van der Waals surface area contributed by atoms with Gasteiger partial charge in [0.1, 0.15) is 5.76 Å². The van der Waals surface area contributed by atoms with Gasteiger partial charge >= 0.3 is 0 Å². The molecule has 1 amide bonds. The standard InChI is InChI=1S/C24H27N3O6S/c1-17-20(25-24(33-17)18-7-5-4-6-8-18)16-23(28)26-11-13-27(14-12-26)34(29,30)19-9-10-21(31-2)22(15-19)32-3/h4-10,15H,11-14,16H2,1-3H3. The summed E-state index contributed by atoms with van der Waals surface area (Å²) in [5.41, 5.74) is 1.43. The number of benzene rings is 2. The average Bonchev–Trinajstić information content (AvgIpc) is 3.24. The van der Waals surface area contributed by atoms with E-state index in [9.17, 15) is 13.2 Å². The molecule has 0 atom stereocenters. The summed E-state index contributed by atoms with van der Waals surface area (Å²) in [6.45, 7) is 2.79. The molecule has 0 aliphatic carbocycles. The number of hydrogen-bond acceptors (Lipinski definition) is 7. The van der Waals surface area contributed by atoms with Crippen LogP contribution < -0.4 is 9.47 Å². The van der Waals surface area contributed by atoms with Crippen molar-refractivity contribution in [2.45, 2.75) is 18.2 Å². The predicted molar refractivity (Wildman–Crippen MR) is 125 cm³/mol. The average molecular weight is 486 g/mol. The fourth-order valence-corrected chi connectivity index (χ4v) is 5.29. The fraction of sp³-hybridized carbons (Fsp3) is 0.333. The second kappa shape index (κ2) is 9.86. The van der Waals surface area contributed by atoms with E-state index in [-0.39, 0.29) is 30.3 Å². The molecule has 0 spiro atoms. The fourth-order valence-electron chi connectivity index (χ4n) is 3.86. The van der Waals surface area contributed by atoms with Crippen LogP contribution in [0.25, 0.3) is 11.5 Å². The summed E-state index contributed by atoms with van der Waals surface area (Å²) in [6, 6.07) is 14.0. The van der Waals surface area contributed by atoms with E-state index in [2.05, 4.69) is 4.98 Å². The van der Waals surface area contributed by atoms with E-state index in [4.69, 9.17) is 13.9 Å². The molecule has 2 aromatic carbocycles. The van der Waals surface area contributed by atoms with Crippen molar-refractivity contribution in [1.82, 2.24) is 14.2 Å². The van der Waals surface area contributed by atoms with Gasteiger partial charge in [0.05, 0.1) is 31.2 Å². The van der Waals surface area contributed by atoms with Gasteiger partial charge in [-0.3, -0.25) is 4.79 Å².